The van der Waals surface area contributed by atoms with Crippen LogP contribution in [0.1, 0.15) is 18.6 Å². The Morgan fingerprint density at radius 3 is 2.57 bits per heavy atom. The van der Waals surface area contributed by atoms with Crippen LogP contribution >= 0.6 is 0 Å². The monoisotopic (exact) mass is 292 g/mol. The largest absolute Gasteiger partial charge is 0.370 e. The molecule has 0 unspecified atom stereocenters. The van der Waals surface area contributed by atoms with Gasteiger partial charge in [-0.05, 0) is 6.92 Å². The van der Waals surface area contributed by atoms with E-state index in [-0.39, 0.29) is 5.69 Å². The van der Waals surface area contributed by atoms with Gasteiger partial charge in [0.05, 0.1) is 17.1 Å². The lowest BCUT2D eigenvalue weighted by Crippen LogP contribution is -2.09. The molecule has 0 saturated carbocycles. The van der Waals surface area contributed by atoms with E-state index in [0.29, 0.717) is 42.9 Å². The summed E-state index contributed by atoms with van der Waals surface area (Å²) in [5.41, 5.74) is -0.0149. The standard InChI is InChI=1S/C12H16N6O3/c1-3-13-11-6-9(18(19)20)7-12(16-11)14-5-4-10-15-8(2)21-17-10/h6-7H,3-5H2,1-2H3,(H2,13,14,16). The van der Waals surface area contributed by atoms with E-state index in [1.165, 1.54) is 12.1 Å². The number of nitrogens with zero attached hydrogens (tertiary/aromatic N) is 4. The zero-order valence-electron chi connectivity index (χ0n) is 11.8. The third-order valence-corrected chi connectivity index (χ3v) is 2.60. The Kier molecular flexibility index (Phi) is 4.64. The summed E-state index contributed by atoms with van der Waals surface area (Å²) in [4.78, 5) is 18.8. The molecule has 0 saturated heterocycles. The van der Waals surface area contributed by atoms with Gasteiger partial charge in [0.2, 0.25) is 5.89 Å². The van der Waals surface area contributed by atoms with Crippen molar-refractivity contribution in [3.05, 3.63) is 34.0 Å². The number of nitrogens with one attached hydrogen (secondary N) is 2. The zero-order valence-corrected chi connectivity index (χ0v) is 11.8. The summed E-state index contributed by atoms with van der Waals surface area (Å²) >= 11 is 0. The summed E-state index contributed by atoms with van der Waals surface area (Å²) in [5, 5.41) is 20.6. The van der Waals surface area contributed by atoms with Gasteiger partial charge in [0.1, 0.15) is 11.6 Å². The molecular formula is C12H16N6O3. The van der Waals surface area contributed by atoms with Crippen molar-refractivity contribution in [3.63, 3.8) is 0 Å². The molecule has 0 fully saturated rings. The molecule has 0 atom stereocenters. The van der Waals surface area contributed by atoms with Crippen LogP contribution in [-0.4, -0.2) is 33.1 Å². The van der Waals surface area contributed by atoms with Crippen molar-refractivity contribution in [1.82, 2.24) is 15.1 Å². The lowest BCUT2D eigenvalue weighted by Gasteiger charge is -2.07. The summed E-state index contributed by atoms with van der Waals surface area (Å²) in [6.07, 6.45) is 0.540. The molecule has 112 valence electrons. The van der Waals surface area contributed by atoms with Crippen molar-refractivity contribution in [2.45, 2.75) is 20.3 Å². The molecule has 0 spiro atoms. The Morgan fingerprint density at radius 2 is 2.00 bits per heavy atom. The van der Waals surface area contributed by atoms with Gasteiger partial charge in [0.25, 0.3) is 5.69 Å². The highest BCUT2D eigenvalue weighted by molar-refractivity contribution is 5.54. The van der Waals surface area contributed by atoms with Crippen LogP contribution in [0.15, 0.2) is 16.7 Å². The fraction of sp³-hybridized carbons (Fsp3) is 0.417. The average Bonchev–Trinajstić information content (AvgIpc) is 2.84. The summed E-state index contributed by atoms with van der Waals surface area (Å²) in [7, 11) is 0. The van der Waals surface area contributed by atoms with Gasteiger partial charge < -0.3 is 15.2 Å². The summed E-state index contributed by atoms with van der Waals surface area (Å²) in [6, 6.07) is 2.79. The molecule has 2 rings (SSSR count). The van der Waals surface area contributed by atoms with E-state index in [2.05, 4.69) is 25.8 Å². The first-order valence-electron chi connectivity index (χ1n) is 6.52. The molecule has 2 N–H and O–H groups in total. The van der Waals surface area contributed by atoms with Gasteiger partial charge in [-0.15, -0.1) is 0 Å². The third kappa shape index (κ3) is 4.13. The summed E-state index contributed by atoms with van der Waals surface area (Å²) in [6.45, 7) is 4.75. The van der Waals surface area contributed by atoms with E-state index >= 15 is 0 Å². The van der Waals surface area contributed by atoms with Crippen molar-refractivity contribution in [1.29, 1.82) is 0 Å². The van der Waals surface area contributed by atoms with Crippen LogP contribution in [0, 0.1) is 17.0 Å². The Labute approximate surface area is 120 Å². The molecule has 0 bridgehead atoms. The summed E-state index contributed by atoms with van der Waals surface area (Å²) in [5.74, 6) is 1.98. The van der Waals surface area contributed by atoms with Crippen LogP contribution in [0.2, 0.25) is 0 Å². The highest BCUT2D eigenvalue weighted by Crippen LogP contribution is 2.20. The Balaban J connectivity index is 2.02. The fourth-order valence-electron chi connectivity index (χ4n) is 1.73. The lowest BCUT2D eigenvalue weighted by atomic mass is 10.3. The van der Waals surface area contributed by atoms with Gasteiger partial charge in [-0.3, -0.25) is 10.1 Å². The summed E-state index contributed by atoms with van der Waals surface area (Å²) < 4.78 is 4.87. The topological polar surface area (TPSA) is 119 Å². The van der Waals surface area contributed by atoms with Crippen LogP contribution in [0.5, 0.6) is 0 Å². The minimum Gasteiger partial charge on any atom is -0.370 e. The first-order chi connectivity index (χ1) is 10.1. The maximum Gasteiger partial charge on any atom is 0.276 e. The molecule has 2 aromatic heterocycles. The Morgan fingerprint density at radius 1 is 1.29 bits per heavy atom. The maximum absolute atomic E-state index is 10.9. The van der Waals surface area contributed by atoms with Crippen molar-refractivity contribution < 1.29 is 9.45 Å². The number of anilines is 2. The van der Waals surface area contributed by atoms with Crippen molar-refractivity contribution in [2.24, 2.45) is 0 Å². The van der Waals surface area contributed by atoms with Crippen LogP contribution in [-0.2, 0) is 6.42 Å². The quantitative estimate of drug-likeness (QED) is 0.585. The lowest BCUT2D eigenvalue weighted by molar-refractivity contribution is -0.384. The van der Waals surface area contributed by atoms with E-state index < -0.39 is 4.92 Å². The second-order valence-electron chi connectivity index (χ2n) is 4.29. The van der Waals surface area contributed by atoms with Crippen molar-refractivity contribution >= 4 is 17.3 Å². The van der Waals surface area contributed by atoms with Gasteiger partial charge in [0, 0.05) is 26.4 Å². The minimum atomic E-state index is -0.448. The van der Waals surface area contributed by atoms with E-state index in [1.807, 2.05) is 6.92 Å². The maximum atomic E-state index is 10.9. The molecule has 9 heteroatoms. The number of aryl methyl sites for hydroxylation is 1. The van der Waals surface area contributed by atoms with E-state index in [0.717, 1.165) is 0 Å². The molecule has 21 heavy (non-hydrogen) atoms. The first kappa shape index (κ1) is 14.7. The highest BCUT2D eigenvalue weighted by Gasteiger charge is 2.11. The molecule has 0 aliphatic carbocycles. The zero-order chi connectivity index (χ0) is 15.2. The van der Waals surface area contributed by atoms with Crippen LogP contribution in [0.25, 0.3) is 0 Å². The van der Waals surface area contributed by atoms with Crippen LogP contribution in [0.3, 0.4) is 0 Å². The van der Waals surface area contributed by atoms with E-state index in [9.17, 15) is 10.1 Å². The molecule has 0 aliphatic rings. The molecule has 2 aromatic rings. The molecule has 0 aliphatic heterocycles. The molecule has 2 heterocycles. The average molecular weight is 292 g/mol. The van der Waals surface area contributed by atoms with Crippen molar-refractivity contribution in [2.75, 3.05) is 23.7 Å². The van der Waals surface area contributed by atoms with Gasteiger partial charge in [0.15, 0.2) is 5.82 Å². The van der Waals surface area contributed by atoms with Crippen molar-refractivity contribution in [3.8, 4) is 0 Å². The number of rotatable bonds is 7. The SMILES string of the molecule is CCNc1cc([N+](=O)[O-])cc(NCCc2noc(C)n2)n1. The number of hydrogen-bond acceptors (Lipinski definition) is 8. The predicted molar refractivity (Wildman–Crippen MR) is 76.3 cm³/mol. The normalized spacial score (nSPS) is 10.4. The minimum absolute atomic E-state index is 0.0149. The van der Waals surface area contributed by atoms with Gasteiger partial charge in [-0.1, -0.05) is 5.16 Å². The fourth-order valence-corrected chi connectivity index (χ4v) is 1.73. The molecular weight excluding hydrogens is 276 g/mol. The second-order valence-corrected chi connectivity index (χ2v) is 4.29. The van der Waals surface area contributed by atoms with Crippen LogP contribution < -0.4 is 10.6 Å². The Hall–Kier alpha value is -2.71. The number of aromatic nitrogens is 3. The molecule has 0 aromatic carbocycles. The Bertz CT molecular complexity index is 627. The smallest absolute Gasteiger partial charge is 0.276 e. The van der Waals surface area contributed by atoms with Gasteiger partial charge in [-0.25, -0.2) is 4.98 Å². The molecule has 9 nitrogen and oxygen atoms in total. The third-order valence-electron chi connectivity index (χ3n) is 2.60. The second kappa shape index (κ2) is 6.64. The molecule has 0 amide bonds. The van der Waals surface area contributed by atoms with Gasteiger partial charge >= 0.3 is 0 Å². The number of nitro groups is 1. The predicted octanol–water partition coefficient (Wildman–Crippen LogP) is 1.77. The molecule has 0 radical (unpaired) electrons. The first-order valence-corrected chi connectivity index (χ1v) is 6.52. The number of pyridine rings is 1. The van der Waals surface area contributed by atoms with E-state index in [4.69, 9.17) is 4.52 Å². The number of hydrogen-bond donors (Lipinski definition) is 2. The highest BCUT2D eigenvalue weighted by atomic mass is 16.6. The van der Waals surface area contributed by atoms with Crippen LogP contribution in [0.4, 0.5) is 17.3 Å². The van der Waals surface area contributed by atoms with Gasteiger partial charge in [-0.2, -0.15) is 4.98 Å². The van der Waals surface area contributed by atoms with E-state index in [1.54, 1.807) is 6.92 Å².